The first-order chi connectivity index (χ1) is 10.2. The van der Waals surface area contributed by atoms with Gasteiger partial charge in [-0.3, -0.25) is 0 Å². The highest BCUT2D eigenvalue weighted by molar-refractivity contribution is 7.71. The smallest absolute Gasteiger partial charge is 0.231 e. The van der Waals surface area contributed by atoms with Crippen molar-refractivity contribution in [2.45, 2.75) is 25.8 Å². The van der Waals surface area contributed by atoms with Gasteiger partial charge in [0.25, 0.3) is 0 Å². The Bertz CT molecular complexity index is 880. The van der Waals surface area contributed by atoms with Crippen LogP contribution in [-0.4, -0.2) is 9.55 Å². The number of benzene rings is 1. The maximum atomic E-state index is 13.0. The summed E-state index contributed by atoms with van der Waals surface area (Å²) in [7, 11) is 0. The van der Waals surface area contributed by atoms with E-state index in [1.54, 1.807) is 12.1 Å². The molecule has 1 aliphatic rings. The zero-order chi connectivity index (χ0) is 14.4. The average Bonchev–Trinajstić information content (AvgIpc) is 2.92. The fourth-order valence-corrected chi connectivity index (χ4v) is 3.13. The quantitative estimate of drug-likeness (QED) is 0.620. The summed E-state index contributed by atoms with van der Waals surface area (Å²) < 4.78 is 21.7. The van der Waals surface area contributed by atoms with Crippen molar-refractivity contribution in [3.63, 3.8) is 0 Å². The lowest BCUT2D eigenvalue weighted by Crippen LogP contribution is -2.15. The first-order valence-corrected chi connectivity index (χ1v) is 7.42. The normalized spacial score (nSPS) is 14.3. The Hall–Kier alpha value is -2.01. The fourth-order valence-electron chi connectivity index (χ4n) is 2.79. The van der Waals surface area contributed by atoms with Crippen molar-refractivity contribution in [1.29, 1.82) is 0 Å². The van der Waals surface area contributed by atoms with Gasteiger partial charge in [0.2, 0.25) is 5.71 Å². The highest BCUT2D eigenvalue weighted by Crippen LogP contribution is 2.29. The SMILES string of the molecule is Fc1ccc(-c2cc3c(=S)n4c(nc3o2)CCCC4)cc1. The molecule has 3 nitrogen and oxygen atoms in total. The van der Waals surface area contributed by atoms with Crippen LogP contribution < -0.4 is 0 Å². The Balaban J connectivity index is 1.92. The molecule has 21 heavy (non-hydrogen) atoms. The maximum absolute atomic E-state index is 13.0. The zero-order valence-electron chi connectivity index (χ0n) is 11.3. The fraction of sp³-hybridized carbons (Fsp3) is 0.250. The Kier molecular flexibility index (Phi) is 2.89. The minimum absolute atomic E-state index is 0.261. The minimum atomic E-state index is -0.261. The molecule has 3 heterocycles. The van der Waals surface area contributed by atoms with E-state index in [9.17, 15) is 4.39 Å². The van der Waals surface area contributed by atoms with Gasteiger partial charge in [-0.1, -0.05) is 12.2 Å². The molecule has 5 heteroatoms. The van der Waals surface area contributed by atoms with Crippen molar-refractivity contribution in [2.75, 3.05) is 0 Å². The number of aryl methyl sites for hydroxylation is 1. The molecule has 0 atom stereocenters. The third kappa shape index (κ3) is 2.08. The monoisotopic (exact) mass is 300 g/mol. The van der Waals surface area contributed by atoms with E-state index in [0.29, 0.717) is 11.5 Å². The van der Waals surface area contributed by atoms with Crippen molar-refractivity contribution in [3.8, 4) is 11.3 Å². The van der Waals surface area contributed by atoms with Gasteiger partial charge in [-0.15, -0.1) is 0 Å². The maximum Gasteiger partial charge on any atom is 0.231 e. The summed E-state index contributed by atoms with van der Waals surface area (Å²) in [5.41, 5.74) is 1.40. The summed E-state index contributed by atoms with van der Waals surface area (Å²) in [4.78, 5) is 4.60. The van der Waals surface area contributed by atoms with E-state index in [1.807, 2.05) is 6.07 Å². The molecule has 0 radical (unpaired) electrons. The summed E-state index contributed by atoms with van der Waals surface area (Å²) in [6.07, 6.45) is 3.21. The van der Waals surface area contributed by atoms with Gasteiger partial charge in [-0.2, -0.15) is 4.98 Å². The van der Waals surface area contributed by atoms with Crippen molar-refractivity contribution in [1.82, 2.24) is 9.55 Å². The van der Waals surface area contributed by atoms with Gasteiger partial charge in [0.1, 0.15) is 22.0 Å². The predicted molar refractivity (Wildman–Crippen MR) is 81.2 cm³/mol. The van der Waals surface area contributed by atoms with E-state index in [2.05, 4.69) is 9.55 Å². The molecule has 0 fully saturated rings. The van der Waals surface area contributed by atoms with E-state index in [4.69, 9.17) is 16.6 Å². The van der Waals surface area contributed by atoms with Gasteiger partial charge in [0.15, 0.2) is 0 Å². The second kappa shape index (κ2) is 4.77. The third-order valence-corrected chi connectivity index (χ3v) is 4.33. The van der Waals surface area contributed by atoms with Gasteiger partial charge in [-0.25, -0.2) is 4.39 Å². The van der Waals surface area contributed by atoms with Crippen LogP contribution >= 0.6 is 12.2 Å². The molecule has 0 aliphatic carbocycles. The van der Waals surface area contributed by atoms with Crippen LogP contribution in [0.1, 0.15) is 18.7 Å². The van der Waals surface area contributed by atoms with Crippen LogP contribution in [0, 0.1) is 10.5 Å². The molecule has 2 aromatic heterocycles. The van der Waals surface area contributed by atoms with E-state index in [-0.39, 0.29) is 5.82 Å². The number of halogens is 1. The molecule has 4 rings (SSSR count). The lowest BCUT2D eigenvalue weighted by Gasteiger charge is -2.17. The molecule has 0 saturated carbocycles. The van der Waals surface area contributed by atoms with Crippen LogP contribution in [0.5, 0.6) is 0 Å². The Labute approximate surface area is 126 Å². The van der Waals surface area contributed by atoms with Crippen molar-refractivity contribution < 1.29 is 8.81 Å². The topological polar surface area (TPSA) is 31.0 Å². The van der Waals surface area contributed by atoms with Gasteiger partial charge in [0, 0.05) is 18.5 Å². The molecule has 106 valence electrons. The van der Waals surface area contributed by atoms with Crippen molar-refractivity contribution in [2.24, 2.45) is 0 Å². The van der Waals surface area contributed by atoms with Crippen LogP contribution in [0.3, 0.4) is 0 Å². The number of furan rings is 1. The standard InChI is InChI=1S/C16H13FN2OS/c17-11-6-4-10(5-7-11)13-9-12-15(20-13)18-14-3-1-2-8-19(14)16(12)21/h4-7,9H,1-3,8H2. The summed E-state index contributed by atoms with van der Waals surface area (Å²) in [6.45, 7) is 0.925. The minimum Gasteiger partial charge on any atom is -0.438 e. The number of nitrogens with zero attached hydrogens (tertiary/aromatic N) is 2. The van der Waals surface area contributed by atoms with E-state index >= 15 is 0 Å². The third-order valence-electron chi connectivity index (χ3n) is 3.89. The highest BCUT2D eigenvalue weighted by Gasteiger charge is 2.16. The molecule has 0 bridgehead atoms. The lowest BCUT2D eigenvalue weighted by atomic mass is 10.1. The number of hydrogen-bond donors (Lipinski definition) is 0. The highest BCUT2D eigenvalue weighted by atomic mass is 32.1. The van der Waals surface area contributed by atoms with Gasteiger partial charge in [0.05, 0.1) is 5.39 Å². The molecule has 1 aromatic carbocycles. The predicted octanol–water partition coefficient (Wildman–Crippen LogP) is 4.50. The molecule has 0 spiro atoms. The van der Waals surface area contributed by atoms with Gasteiger partial charge >= 0.3 is 0 Å². The van der Waals surface area contributed by atoms with Crippen LogP contribution in [0.2, 0.25) is 0 Å². The van der Waals surface area contributed by atoms with Crippen LogP contribution in [-0.2, 0) is 13.0 Å². The van der Waals surface area contributed by atoms with Crippen molar-refractivity contribution in [3.05, 3.63) is 46.6 Å². The largest absolute Gasteiger partial charge is 0.438 e. The number of aromatic nitrogens is 2. The first-order valence-electron chi connectivity index (χ1n) is 7.01. The van der Waals surface area contributed by atoms with Crippen LogP contribution in [0.25, 0.3) is 22.4 Å². The Morgan fingerprint density at radius 3 is 2.81 bits per heavy atom. The van der Waals surface area contributed by atoms with Crippen molar-refractivity contribution >= 4 is 23.3 Å². The molecule has 0 amide bonds. The molecule has 0 N–H and O–H groups in total. The van der Waals surface area contributed by atoms with E-state index in [1.165, 1.54) is 12.1 Å². The molecule has 0 saturated heterocycles. The second-order valence-electron chi connectivity index (χ2n) is 5.28. The average molecular weight is 300 g/mol. The molecular formula is C16H13FN2OS. The van der Waals surface area contributed by atoms with Gasteiger partial charge in [-0.05, 0) is 43.2 Å². The number of fused-ring (bicyclic) bond motifs is 2. The summed E-state index contributed by atoms with van der Waals surface area (Å²) in [5.74, 6) is 1.41. The molecule has 1 aliphatic heterocycles. The Morgan fingerprint density at radius 2 is 2.00 bits per heavy atom. The molecule has 0 unspecified atom stereocenters. The van der Waals surface area contributed by atoms with E-state index in [0.717, 1.165) is 47.2 Å². The van der Waals surface area contributed by atoms with E-state index < -0.39 is 0 Å². The van der Waals surface area contributed by atoms with Crippen LogP contribution in [0.4, 0.5) is 4.39 Å². The number of hydrogen-bond acceptors (Lipinski definition) is 3. The second-order valence-corrected chi connectivity index (χ2v) is 5.66. The summed E-state index contributed by atoms with van der Waals surface area (Å²) in [5, 5.41) is 0.856. The zero-order valence-corrected chi connectivity index (χ0v) is 12.1. The number of rotatable bonds is 1. The molecular weight excluding hydrogens is 287 g/mol. The van der Waals surface area contributed by atoms with Crippen LogP contribution in [0.15, 0.2) is 34.7 Å². The Morgan fingerprint density at radius 1 is 1.19 bits per heavy atom. The van der Waals surface area contributed by atoms with Gasteiger partial charge < -0.3 is 8.98 Å². The lowest BCUT2D eigenvalue weighted by molar-refractivity contribution is 0.501. The molecule has 3 aromatic rings. The summed E-state index contributed by atoms with van der Waals surface area (Å²) in [6, 6.07) is 8.14. The first kappa shape index (κ1) is 12.7. The summed E-state index contributed by atoms with van der Waals surface area (Å²) >= 11 is 5.57.